The fourth-order valence-corrected chi connectivity index (χ4v) is 2.39. The lowest BCUT2D eigenvalue weighted by Crippen LogP contribution is -2.28. The van der Waals surface area contributed by atoms with Crippen LogP contribution in [0.3, 0.4) is 0 Å². The molecule has 1 aliphatic heterocycles. The van der Waals surface area contributed by atoms with E-state index in [0.717, 1.165) is 5.56 Å². The second-order valence-corrected chi connectivity index (χ2v) is 5.30. The van der Waals surface area contributed by atoms with Gasteiger partial charge >= 0.3 is 0 Å². The first-order valence-electron chi connectivity index (χ1n) is 7.20. The number of rotatable bonds is 3. The number of para-hydroxylation sites is 1. The minimum Gasteiger partial charge on any atom is -0.507 e. The SMILES string of the molecule is C[C@H](NC(=O)c1ccccc1O)c1ccc2c(c1)NC(=O)CO2. The van der Waals surface area contributed by atoms with Gasteiger partial charge in [-0.05, 0) is 36.8 Å². The molecule has 1 aliphatic rings. The Hall–Kier alpha value is -3.02. The summed E-state index contributed by atoms with van der Waals surface area (Å²) in [6.45, 7) is 1.83. The van der Waals surface area contributed by atoms with Crippen LogP contribution in [-0.4, -0.2) is 23.5 Å². The lowest BCUT2D eigenvalue weighted by Gasteiger charge is -2.21. The molecule has 3 N–H and O–H groups in total. The van der Waals surface area contributed by atoms with Gasteiger partial charge in [0.2, 0.25) is 0 Å². The fourth-order valence-electron chi connectivity index (χ4n) is 2.39. The predicted octanol–water partition coefficient (Wildman–Crippen LogP) is 2.21. The number of aromatic hydroxyl groups is 1. The second-order valence-electron chi connectivity index (χ2n) is 5.30. The van der Waals surface area contributed by atoms with Gasteiger partial charge in [0.25, 0.3) is 11.8 Å². The minimum atomic E-state index is -0.367. The van der Waals surface area contributed by atoms with Gasteiger partial charge < -0.3 is 20.5 Å². The van der Waals surface area contributed by atoms with Crippen molar-refractivity contribution in [3.63, 3.8) is 0 Å². The number of fused-ring (bicyclic) bond motifs is 1. The maximum absolute atomic E-state index is 12.2. The zero-order valence-corrected chi connectivity index (χ0v) is 12.5. The molecule has 1 heterocycles. The van der Waals surface area contributed by atoms with Crippen LogP contribution in [0.1, 0.15) is 28.9 Å². The Labute approximate surface area is 133 Å². The molecule has 0 radical (unpaired) electrons. The molecule has 118 valence electrons. The van der Waals surface area contributed by atoms with Gasteiger partial charge in [0, 0.05) is 0 Å². The van der Waals surface area contributed by atoms with Gasteiger partial charge in [0.05, 0.1) is 17.3 Å². The molecule has 0 aliphatic carbocycles. The summed E-state index contributed by atoms with van der Waals surface area (Å²) in [4.78, 5) is 23.6. The molecule has 0 bridgehead atoms. The van der Waals surface area contributed by atoms with Gasteiger partial charge in [-0.25, -0.2) is 0 Å². The number of ether oxygens (including phenoxy) is 1. The summed E-state index contributed by atoms with van der Waals surface area (Å²) in [5, 5.41) is 15.3. The standard InChI is InChI=1S/C17H16N2O4/c1-10(18-17(22)12-4-2-3-5-14(12)20)11-6-7-15-13(8-11)19-16(21)9-23-15/h2-8,10,20H,9H2,1H3,(H,18,22)(H,19,21)/t10-/m0/s1. The number of nitrogens with one attached hydrogen (secondary N) is 2. The first-order valence-corrected chi connectivity index (χ1v) is 7.20. The maximum Gasteiger partial charge on any atom is 0.262 e. The lowest BCUT2D eigenvalue weighted by atomic mass is 10.1. The molecule has 23 heavy (non-hydrogen) atoms. The highest BCUT2D eigenvalue weighted by molar-refractivity contribution is 5.97. The number of carbonyl (C=O) groups is 2. The highest BCUT2D eigenvalue weighted by Crippen LogP contribution is 2.30. The van der Waals surface area contributed by atoms with Crippen LogP contribution in [0.25, 0.3) is 0 Å². The summed E-state index contributed by atoms with van der Waals surface area (Å²) < 4.78 is 5.30. The molecular weight excluding hydrogens is 296 g/mol. The Balaban J connectivity index is 1.77. The van der Waals surface area contributed by atoms with Crippen LogP contribution < -0.4 is 15.4 Å². The number of carbonyl (C=O) groups excluding carboxylic acids is 2. The molecule has 1 atom stereocenters. The van der Waals surface area contributed by atoms with Gasteiger partial charge in [-0.3, -0.25) is 9.59 Å². The van der Waals surface area contributed by atoms with Crippen molar-refractivity contribution < 1.29 is 19.4 Å². The number of amides is 2. The quantitative estimate of drug-likeness (QED) is 0.811. The van der Waals surface area contributed by atoms with Crippen LogP contribution in [0, 0.1) is 0 Å². The van der Waals surface area contributed by atoms with Gasteiger partial charge in [0.15, 0.2) is 6.61 Å². The van der Waals surface area contributed by atoms with E-state index in [0.29, 0.717) is 11.4 Å². The van der Waals surface area contributed by atoms with Crippen LogP contribution in [-0.2, 0) is 4.79 Å². The van der Waals surface area contributed by atoms with Crippen LogP contribution in [0.15, 0.2) is 42.5 Å². The van der Waals surface area contributed by atoms with E-state index < -0.39 is 0 Å². The Bertz CT molecular complexity index is 773. The van der Waals surface area contributed by atoms with Gasteiger partial charge in [-0.2, -0.15) is 0 Å². The molecule has 0 saturated heterocycles. The first kappa shape index (κ1) is 14.9. The number of anilines is 1. The Morgan fingerprint density at radius 3 is 2.87 bits per heavy atom. The van der Waals surface area contributed by atoms with Crippen molar-refractivity contribution in [2.24, 2.45) is 0 Å². The van der Waals surface area contributed by atoms with Crippen LogP contribution >= 0.6 is 0 Å². The van der Waals surface area contributed by atoms with Crippen LogP contribution in [0.4, 0.5) is 5.69 Å². The van der Waals surface area contributed by atoms with Gasteiger partial charge in [-0.15, -0.1) is 0 Å². The third-order valence-corrected chi connectivity index (χ3v) is 3.63. The van der Waals surface area contributed by atoms with E-state index in [4.69, 9.17) is 4.74 Å². The number of phenolic OH excluding ortho intramolecular Hbond substituents is 1. The summed E-state index contributed by atoms with van der Waals surface area (Å²) in [5.74, 6) is -0.0370. The van der Waals surface area contributed by atoms with E-state index in [1.54, 1.807) is 30.3 Å². The Morgan fingerprint density at radius 2 is 2.09 bits per heavy atom. The zero-order chi connectivity index (χ0) is 16.4. The maximum atomic E-state index is 12.2. The normalized spacial score (nSPS) is 14.2. The van der Waals surface area contributed by atoms with E-state index in [2.05, 4.69) is 10.6 Å². The molecule has 6 heteroatoms. The Morgan fingerprint density at radius 1 is 1.30 bits per heavy atom. The van der Waals surface area contributed by atoms with Gasteiger partial charge in [-0.1, -0.05) is 18.2 Å². The molecule has 2 aromatic rings. The molecule has 2 amide bonds. The molecule has 2 aromatic carbocycles. The summed E-state index contributed by atoms with van der Waals surface area (Å²) in [6.07, 6.45) is 0. The smallest absolute Gasteiger partial charge is 0.262 e. The van der Waals surface area contributed by atoms with Crippen molar-refractivity contribution in [3.8, 4) is 11.5 Å². The third kappa shape index (κ3) is 3.11. The third-order valence-electron chi connectivity index (χ3n) is 3.63. The zero-order valence-electron chi connectivity index (χ0n) is 12.5. The second kappa shape index (κ2) is 6.00. The number of hydrogen-bond acceptors (Lipinski definition) is 4. The Kier molecular flexibility index (Phi) is 3.89. The van der Waals surface area contributed by atoms with Crippen molar-refractivity contribution >= 4 is 17.5 Å². The molecule has 6 nitrogen and oxygen atoms in total. The highest BCUT2D eigenvalue weighted by atomic mass is 16.5. The van der Waals surface area contributed by atoms with E-state index in [1.807, 2.05) is 13.0 Å². The van der Waals surface area contributed by atoms with E-state index >= 15 is 0 Å². The van der Waals surface area contributed by atoms with Crippen molar-refractivity contribution in [2.45, 2.75) is 13.0 Å². The van der Waals surface area contributed by atoms with Crippen LogP contribution in [0.5, 0.6) is 11.5 Å². The fraction of sp³-hybridized carbons (Fsp3) is 0.176. The molecule has 0 spiro atoms. The average molecular weight is 312 g/mol. The summed E-state index contributed by atoms with van der Waals surface area (Å²) in [6, 6.07) is 11.4. The number of hydrogen-bond donors (Lipinski definition) is 3. The van der Waals surface area contributed by atoms with Crippen molar-refractivity contribution in [2.75, 3.05) is 11.9 Å². The predicted molar refractivity (Wildman–Crippen MR) is 84.6 cm³/mol. The van der Waals surface area contributed by atoms with E-state index in [1.165, 1.54) is 6.07 Å². The first-order chi connectivity index (χ1) is 11.0. The summed E-state index contributed by atoms with van der Waals surface area (Å²) >= 11 is 0. The van der Waals surface area contributed by atoms with E-state index in [9.17, 15) is 14.7 Å². The van der Waals surface area contributed by atoms with E-state index in [-0.39, 0.29) is 35.8 Å². The topological polar surface area (TPSA) is 87.7 Å². The summed E-state index contributed by atoms with van der Waals surface area (Å²) in [5.41, 5.74) is 1.62. The minimum absolute atomic E-state index is 0.00587. The van der Waals surface area contributed by atoms with Crippen LogP contribution in [0.2, 0.25) is 0 Å². The highest BCUT2D eigenvalue weighted by Gasteiger charge is 2.19. The average Bonchev–Trinajstić information content (AvgIpc) is 2.54. The lowest BCUT2D eigenvalue weighted by molar-refractivity contribution is -0.118. The van der Waals surface area contributed by atoms with Crippen molar-refractivity contribution in [3.05, 3.63) is 53.6 Å². The molecule has 0 saturated carbocycles. The van der Waals surface area contributed by atoms with Crippen molar-refractivity contribution in [1.82, 2.24) is 5.32 Å². The number of phenols is 1. The number of benzene rings is 2. The molecule has 0 fully saturated rings. The molecule has 0 aromatic heterocycles. The summed E-state index contributed by atoms with van der Waals surface area (Å²) in [7, 11) is 0. The van der Waals surface area contributed by atoms with Crippen molar-refractivity contribution in [1.29, 1.82) is 0 Å². The molecular formula is C17H16N2O4. The largest absolute Gasteiger partial charge is 0.507 e. The molecule has 3 rings (SSSR count). The molecule has 0 unspecified atom stereocenters. The van der Waals surface area contributed by atoms with Gasteiger partial charge in [0.1, 0.15) is 11.5 Å². The monoisotopic (exact) mass is 312 g/mol.